The molecule has 2 aromatic rings. The second-order valence-electron chi connectivity index (χ2n) is 12.0. The Morgan fingerprint density at radius 1 is 0.762 bits per heavy atom. The minimum Gasteiger partial charge on any atom is -0.325 e. The van der Waals surface area contributed by atoms with E-state index in [1.807, 2.05) is 0 Å². The molecule has 0 aliphatic carbocycles. The average Bonchev–Trinajstić information content (AvgIpc) is 2.93. The SMILES string of the molecule is CCCCCCCCCCCCCCCCCC[N+](C)(C)Cc1ccccc1.O=[N+]([O-])c1cc(S(=O)(=O)O)ccc1Cl. The molecule has 0 unspecified atom stereocenters. The summed E-state index contributed by atoms with van der Waals surface area (Å²) < 4.78 is 30.9. The first kappa shape index (κ1) is 38.0. The first-order valence-corrected chi connectivity index (χ1v) is 17.6. The Morgan fingerprint density at radius 3 is 1.64 bits per heavy atom. The normalized spacial score (nSPS) is 11.6. The van der Waals surface area contributed by atoms with Gasteiger partial charge in [0, 0.05) is 11.6 Å². The van der Waals surface area contributed by atoms with Crippen LogP contribution in [0.25, 0.3) is 0 Å². The highest BCUT2D eigenvalue weighted by atomic mass is 35.5. The highest BCUT2D eigenvalue weighted by molar-refractivity contribution is 7.85. The maximum absolute atomic E-state index is 10.6. The predicted molar refractivity (Wildman–Crippen MR) is 175 cm³/mol. The summed E-state index contributed by atoms with van der Waals surface area (Å²) in [6.45, 7) is 4.75. The second-order valence-corrected chi connectivity index (χ2v) is 13.8. The lowest BCUT2D eigenvalue weighted by atomic mass is 10.0. The van der Waals surface area contributed by atoms with E-state index in [-0.39, 0.29) is 5.02 Å². The van der Waals surface area contributed by atoms with Crippen molar-refractivity contribution in [3.63, 3.8) is 0 Å². The first-order chi connectivity index (χ1) is 20.0. The van der Waals surface area contributed by atoms with Crippen LogP contribution in [-0.2, 0) is 16.7 Å². The lowest BCUT2D eigenvalue weighted by molar-refractivity contribution is -0.903. The standard InChI is InChI=1S/C27H50N.C6H4ClNO5S/c1-4-5-6-7-8-9-10-11-12-13-14-15-16-17-18-22-25-28(2,3)26-27-23-20-19-21-24-27;7-5-2-1-4(14(11,12)13)3-6(5)8(9)10/h19-21,23-24H,4-18,22,25-26H2,1-3H3;1-3H,(H,11,12,13)/q+1;. The summed E-state index contributed by atoms with van der Waals surface area (Å²) in [7, 11) is 0.308. The first-order valence-electron chi connectivity index (χ1n) is 15.7. The number of rotatable bonds is 21. The van der Waals surface area contributed by atoms with Crippen molar-refractivity contribution in [1.29, 1.82) is 0 Å². The van der Waals surface area contributed by atoms with Gasteiger partial charge in [0.1, 0.15) is 16.5 Å². The Bertz CT molecular complexity index is 1110. The molecule has 0 amide bonds. The fourth-order valence-corrected chi connectivity index (χ4v) is 5.72. The van der Waals surface area contributed by atoms with Crippen molar-refractivity contribution in [3.05, 3.63) is 69.2 Å². The van der Waals surface area contributed by atoms with Crippen LogP contribution in [0.4, 0.5) is 5.69 Å². The van der Waals surface area contributed by atoms with Crippen molar-refractivity contribution in [1.82, 2.24) is 0 Å². The molecule has 0 radical (unpaired) electrons. The van der Waals surface area contributed by atoms with Crippen LogP contribution in [0.5, 0.6) is 0 Å². The summed E-state index contributed by atoms with van der Waals surface area (Å²) in [6.07, 6.45) is 23.2. The molecule has 0 fully saturated rings. The van der Waals surface area contributed by atoms with E-state index in [0.29, 0.717) is 6.07 Å². The van der Waals surface area contributed by atoms with Crippen molar-refractivity contribution in [2.24, 2.45) is 0 Å². The van der Waals surface area contributed by atoms with Crippen molar-refractivity contribution in [2.45, 2.75) is 121 Å². The van der Waals surface area contributed by atoms with Crippen LogP contribution in [0.1, 0.15) is 115 Å². The molecule has 2 aromatic carbocycles. The molecular weight excluding hydrogens is 572 g/mol. The fourth-order valence-electron chi connectivity index (χ4n) is 5.04. The van der Waals surface area contributed by atoms with E-state index in [9.17, 15) is 18.5 Å². The van der Waals surface area contributed by atoms with Gasteiger partial charge < -0.3 is 4.48 Å². The van der Waals surface area contributed by atoms with Crippen LogP contribution in [0.3, 0.4) is 0 Å². The van der Waals surface area contributed by atoms with Crippen LogP contribution >= 0.6 is 11.6 Å². The van der Waals surface area contributed by atoms with Crippen molar-refractivity contribution < 1.29 is 22.4 Å². The monoisotopic (exact) mass is 625 g/mol. The number of nitro benzene ring substituents is 1. The van der Waals surface area contributed by atoms with Gasteiger partial charge in [-0.1, -0.05) is 139 Å². The Hall–Kier alpha value is -2.00. The number of hydrogen-bond acceptors (Lipinski definition) is 4. The summed E-state index contributed by atoms with van der Waals surface area (Å²) in [6, 6.07) is 13.6. The van der Waals surface area contributed by atoms with Crippen LogP contribution in [0, 0.1) is 10.1 Å². The highest BCUT2D eigenvalue weighted by Gasteiger charge is 2.18. The van der Waals surface area contributed by atoms with Crippen LogP contribution in [0.2, 0.25) is 5.02 Å². The van der Waals surface area contributed by atoms with E-state index in [1.165, 1.54) is 115 Å². The molecule has 1 N–H and O–H groups in total. The van der Waals surface area contributed by atoms with E-state index in [0.717, 1.165) is 23.2 Å². The Balaban J connectivity index is 0.000000525. The average molecular weight is 626 g/mol. The van der Waals surface area contributed by atoms with Gasteiger partial charge in [-0.3, -0.25) is 14.7 Å². The minimum absolute atomic E-state index is 0.192. The van der Waals surface area contributed by atoms with Crippen LogP contribution in [0.15, 0.2) is 53.4 Å². The van der Waals surface area contributed by atoms with Gasteiger partial charge in [0.25, 0.3) is 15.8 Å². The molecule has 0 heterocycles. The molecule has 0 saturated carbocycles. The van der Waals surface area contributed by atoms with E-state index >= 15 is 0 Å². The number of benzene rings is 2. The highest BCUT2D eigenvalue weighted by Crippen LogP contribution is 2.26. The van der Waals surface area contributed by atoms with Gasteiger partial charge in [0.15, 0.2) is 0 Å². The topological polar surface area (TPSA) is 97.5 Å². The van der Waals surface area contributed by atoms with E-state index in [2.05, 4.69) is 51.4 Å². The lowest BCUT2D eigenvalue weighted by Gasteiger charge is -2.30. The summed E-state index contributed by atoms with van der Waals surface area (Å²) in [5.41, 5.74) is 0.894. The summed E-state index contributed by atoms with van der Waals surface area (Å²) in [5, 5.41) is 10.2. The van der Waals surface area contributed by atoms with Gasteiger partial charge in [0.05, 0.1) is 25.6 Å². The third kappa shape index (κ3) is 18.5. The third-order valence-electron chi connectivity index (χ3n) is 7.48. The van der Waals surface area contributed by atoms with Crippen LogP contribution in [-0.4, -0.2) is 43.0 Å². The molecule has 0 aromatic heterocycles. The number of nitro groups is 1. The van der Waals surface area contributed by atoms with E-state index in [4.69, 9.17) is 16.2 Å². The van der Waals surface area contributed by atoms with Crippen molar-refractivity contribution in [2.75, 3.05) is 20.6 Å². The number of halogens is 1. The Labute approximate surface area is 260 Å². The molecule has 0 bridgehead atoms. The Morgan fingerprint density at radius 2 is 1.21 bits per heavy atom. The molecule has 0 atom stereocenters. The zero-order chi connectivity index (χ0) is 31.3. The van der Waals surface area contributed by atoms with Gasteiger partial charge in [-0.25, -0.2) is 0 Å². The number of nitrogens with zero attached hydrogens (tertiary/aromatic N) is 2. The molecule has 0 aliphatic rings. The van der Waals surface area contributed by atoms with Gasteiger partial charge in [-0.05, 0) is 25.0 Å². The zero-order valence-electron chi connectivity index (χ0n) is 26.1. The lowest BCUT2D eigenvalue weighted by Crippen LogP contribution is -2.39. The van der Waals surface area contributed by atoms with Gasteiger partial charge in [-0.15, -0.1) is 0 Å². The van der Waals surface area contributed by atoms with Gasteiger partial charge in [-0.2, -0.15) is 8.42 Å². The van der Waals surface area contributed by atoms with Crippen LogP contribution < -0.4 is 0 Å². The molecule has 238 valence electrons. The van der Waals surface area contributed by atoms with Crippen molar-refractivity contribution in [3.8, 4) is 0 Å². The minimum atomic E-state index is -4.44. The maximum atomic E-state index is 10.6. The fraction of sp³-hybridized carbons (Fsp3) is 0.636. The van der Waals surface area contributed by atoms with Gasteiger partial charge >= 0.3 is 0 Å². The number of unbranched alkanes of at least 4 members (excludes halogenated alkanes) is 15. The molecule has 9 heteroatoms. The molecule has 7 nitrogen and oxygen atoms in total. The smallest absolute Gasteiger partial charge is 0.294 e. The molecule has 2 rings (SSSR count). The Kier molecular flexibility index (Phi) is 19.6. The molecular formula is C33H54ClN2O5S+. The van der Waals surface area contributed by atoms with E-state index < -0.39 is 25.6 Å². The van der Waals surface area contributed by atoms with E-state index in [1.54, 1.807) is 0 Å². The molecule has 0 spiro atoms. The summed E-state index contributed by atoms with van der Waals surface area (Å²) in [5.74, 6) is 0. The largest absolute Gasteiger partial charge is 0.325 e. The molecule has 0 saturated heterocycles. The van der Waals surface area contributed by atoms with Crippen molar-refractivity contribution >= 4 is 27.4 Å². The molecule has 0 aliphatic heterocycles. The second kappa shape index (κ2) is 21.7. The summed E-state index contributed by atoms with van der Waals surface area (Å²) >= 11 is 5.42. The molecule has 42 heavy (non-hydrogen) atoms. The summed E-state index contributed by atoms with van der Waals surface area (Å²) in [4.78, 5) is 8.95. The maximum Gasteiger partial charge on any atom is 0.294 e. The number of quaternary nitrogens is 1. The predicted octanol–water partition coefficient (Wildman–Crippen LogP) is 10.0. The third-order valence-corrected chi connectivity index (χ3v) is 8.65. The quantitative estimate of drug-likeness (QED) is 0.0489. The number of hydrogen-bond donors (Lipinski definition) is 1. The zero-order valence-corrected chi connectivity index (χ0v) is 27.7. The van der Waals surface area contributed by atoms with Gasteiger partial charge in [0.2, 0.25) is 0 Å².